The zero-order chi connectivity index (χ0) is 17.8. The van der Waals surface area contributed by atoms with Gasteiger partial charge in [-0.1, -0.05) is 50.6 Å². The lowest BCUT2D eigenvalue weighted by Crippen LogP contribution is -2.35. The first-order chi connectivity index (χ1) is 11.8. The van der Waals surface area contributed by atoms with Gasteiger partial charge < -0.3 is 4.90 Å². The summed E-state index contributed by atoms with van der Waals surface area (Å²) in [7, 11) is 0. The molecule has 2 heterocycles. The summed E-state index contributed by atoms with van der Waals surface area (Å²) in [5, 5.41) is 4.68. The molecule has 1 aromatic heterocycles. The maximum absolute atomic E-state index is 12.8. The zero-order valence-corrected chi connectivity index (χ0v) is 15.8. The average molecular weight is 358 g/mol. The molecule has 2 fully saturated rings. The first kappa shape index (κ1) is 16.6. The first-order valence-corrected chi connectivity index (χ1v) is 9.26. The zero-order valence-electron chi connectivity index (χ0n) is 15.0. The van der Waals surface area contributed by atoms with Gasteiger partial charge in [-0.15, -0.1) is 0 Å². The second-order valence-corrected chi connectivity index (χ2v) is 9.12. The Morgan fingerprint density at radius 3 is 2.60 bits per heavy atom. The third-order valence-electron chi connectivity index (χ3n) is 5.63. The van der Waals surface area contributed by atoms with E-state index in [1.807, 2.05) is 30.3 Å². The molecule has 1 saturated heterocycles. The molecule has 2 aliphatic rings. The smallest absolute Gasteiger partial charge is 0.292 e. The number of hydrogen-bond acceptors (Lipinski definition) is 3. The van der Waals surface area contributed by atoms with E-state index in [1.165, 1.54) is 11.1 Å². The molecule has 0 radical (unpaired) electrons. The third-order valence-corrected chi connectivity index (χ3v) is 5.98. The van der Waals surface area contributed by atoms with Crippen molar-refractivity contribution >= 4 is 17.3 Å². The van der Waals surface area contributed by atoms with Crippen LogP contribution in [0.1, 0.15) is 40.0 Å². The number of halogens is 1. The van der Waals surface area contributed by atoms with E-state index >= 15 is 0 Å². The van der Waals surface area contributed by atoms with Gasteiger partial charge in [0.25, 0.3) is 5.56 Å². The normalized spacial score (nSPS) is 27.5. The molecule has 0 amide bonds. The van der Waals surface area contributed by atoms with E-state index in [1.54, 1.807) is 6.20 Å². The van der Waals surface area contributed by atoms with Gasteiger partial charge in [0.15, 0.2) is 0 Å². The van der Waals surface area contributed by atoms with Crippen molar-refractivity contribution < 1.29 is 0 Å². The molecule has 1 saturated carbocycles. The highest BCUT2D eigenvalue weighted by Crippen LogP contribution is 2.53. The highest BCUT2D eigenvalue weighted by molar-refractivity contribution is 6.33. The Morgan fingerprint density at radius 2 is 1.88 bits per heavy atom. The summed E-state index contributed by atoms with van der Waals surface area (Å²) < 4.78 is 1.37. The number of fused-ring (bicyclic) bond motifs is 2. The largest absolute Gasteiger partial charge is 0.365 e. The van der Waals surface area contributed by atoms with Crippen molar-refractivity contribution in [2.45, 2.75) is 46.1 Å². The average Bonchev–Trinajstić information content (AvgIpc) is 2.79. The van der Waals surface area contributed by atoms with Crippen LogP contribution < -0.4 is 10.5 Å². The van der Waals surface area contributed by atoms with Crippen LogP contribution in [0.3, 0.4) is 0 Å². The van der Waals surface area contributed by atoms with Crippen molar-refractivity contribution in [2.24, 2.45) is 10.8 Å². The lowest BCUT2D eigenvalue weighted by Gasteiger charge is -2.39. The molecule has 0 unspecified atom stereocenters. The van der Waals surface area contributed by atoms with Crippen LogP contribution in [0, 0.1) is 10.8 Å². The van der Waals surface area contributed by atoms with Gasteiger partial charge in [0, 0.05) is 12.6 Å². The molecule has 1 aliphatic carbocycles. The van der Waals surface area contributed by atoms with Crippen LogP contribution in [0.4, 0.5) is 5.69 Å². The van der Waals surface area contributed by atoms with Crippen molar-refractivity contribution in [1.29, 1.82) is 0 Å². The fraction of sp³-hybridized carbons (Fsp3) is 0.500. The van der Waals surface area contributed by atoms with Crippen molar-refractivity contribution in [1.82, 2.24) is 9.78 Å². The molecule has 0 spiro atoms. The van der Waals surface area contributed by atoms with Gasteiger partial charge in [-0.3, -0.25) is 4.79 Å². The van der Waals surface area contributed by atoms with E-state index in [0.29, 0.717) is 11.5 Å². The number of benzene rings is 1. The Balaban J connectivity index is 1.73. The second-order valence-electron chi connectivity index (χ2n) is 8.74. The second kappa shape index (κ2) is 5.60. The van der Waals surface area contributed by atoms with E-state index in [-0.39, 0.29) is 16.0 Å². The Hall–Kier alpha value is -1.81. The number of anilines is 1. The van der Waals surface area contributed by atoms with Crippen molar-refractivity contribution in [3.63, 3.8) is 0 Å². The Kier molecular flexibility index (Phi) is 3.73. The monoisotopic (exact) mass is 357 g/mol. The van der Waals surface area contributed by atoms with Gasteiger partial charge in [-0.05, 0) is 42.2 Å². The van der Waals surface area contributed by atoms with E-state index in [9.17, 15) is 4.79 Å². The molecular weight excluding hydrogens is 334 g/mol. The molecular formula is C20H24ClN3O. The van der Waals surface area contributed by atoms with Crippen LogP contribution in [0.2, 0.25) is 5.02 Å². The van der Waals surface area contributed by atoms with E-state index < -0.39 is 0 Å². The predicted octanol–water partition coefficient (Wildman–Crippen LogP) is 4.29. The summed E-state index contributed by atoms with van der Waals surface area (Å²) in [4.78, 5) is 15.1. The number of rotatable bonds is 2. The van der Waals surface area contributed by atoms with Gasteiger partial charge in [-0.25, -0.2) is 0 Å². The fourth-order valence-corrected chi connectivity index (χ4v) is 5.36. The van der Waals surface area contributed by atoms with Crippen molar-refractivity contribution in [2.75, 3.05) is 11.4 Å². The van der Waals surface area contributed by atoms with Gasteiger partial charge >= 0.3 is 0 Å². The minimum Gasteiger partial charge on any atom is -0.365 e. The molecule has 1 aliphatic heterocycles. The minimum atomic E-state index is -0.253. The van der Waals surface area contributed by atoms with Crippen LogP contribution >= 0.6 is 11.6 Å². The van der Waals surface area contributed by atoms with Crippen molar-refractivity contribution in [3.05, 3.63) is 51.9 Å². The summed E-state index contributed by atoms with van der Waals surface area (Å²) in [5.74, 6) is 0. The third kappa shape index (κ3) is 2.86. The van der Waals surface area contributed by atoms with E-state index in [4.69, 9.17) is 11.6 Å². The van der Waals surface area contributed by atoms with Gasteiger partial charge in [0.05, 0.1) is 17.6 Å². The number of nitrogens with zero attached hydrogens (tertiary/aromatic N) is 3. The fourth-order valence-electron chi connectivity index (χ4n) is 5.12. The lowest BCUT2D eigenvalue weighted by molar-refractivity contribution is 0.136. The van der Waals surface area contributed by atoms with Gasteiger partial charge in [0.2, 0.25) is 0 Å². The molecule has 132 valence electrons. The molecule has 2 aromatic rings. The molecule has 2 atom stereocenters. The summed E-state index contributed by atoms with van der Waals surface area (Å²) in [5.41, 5.74) is 1.87. The Labute approximate surface area is 153 Å². The summed E-state index contributed by atoms with van der Waals surface area (Å²) in [6, 6.07) is 9.83. The lowest BCUT2D eigenvalue weighted by atomic mass is 9.65. The molecule has 1 aromatic carbocycles. The first-order valence-electron chi connectivity index (χ1n) is 8.88. The molecule has 2 bridgehead atoms. The van der Waals surface area contributed by atoms with Crippen LogP contribution in [0.5, 0.6) is 0 Å². The summed E-state index contributed by atoms with van der Waals surface area (Å²) in [6.07, 6.45) is 5.25. The standard InChI is InChI=1S/C20H24ClN3O/c1-19(2)9-15-10-20(3,12-19)13-23(15)16-11-22-24(18(25)17(16)21)14-7-5-4-6-8-14/h4-8,11,15H,9-10,12-13H2,1-3H3/t15-,20-/m0/s1. The molecule has 0 N–H and O–H groups in total. The predicted molar refractivity (Wildman–Crippen MR) is 102 cm³/mol. The maximum Gasteiger partial charge on any atom is 0.292 e. The Morgan fingerprint density at radius 1 is 1.16 bits per heavy atom. The highest BCUT2D eigenvalue weighted by Gasteiger charge is 2.50. The number of aromatic nitrogens is 2. The van der Waals surface area contributed by atoms with Crippen molar-refractivity contribution in [3.8, 4) is 5.69 Å². The quantitative estimate of drug-likeness (QED) is 0.804. The molecule has 4 nitrogen and oxygen atoms in total. The SMILES string of the molecule is CC1(C)C[C@H]2C[C@](C)(CN2c2cnn(-c3ccccc3)c(=O)c2Cl)C1. The summed E-state index contributed by atoms with van der Waals surface area (Å²) in [6.45, 7) is 7.98. The maximum atomic E-state index is 12.8. The molecule has 25 heavy (non-hydrogen) atoms. The van der Waals surface area contributed by atoms with Crippen LogP contribution in [-0.4, -0.2) is 22.4 Å². The van der Waals surface area contributed by atoms with Crippen LogP contribution in [0.15, 0.2) is 41.3 Å². The minimum absolute atomic E-state index is 0.253. The number of para-hydroxylation sites is 1. The Bertz CT molecular complexity index is 861. The van der Waals surface area contributed by atoms with Gasteiger partial charge in [-0.2, -0.15) is 9.78 Å². The van der Waals surface area contributed by atoms with Crippen LogP contribution in [-0.2, 0) is 0 Å². The molecule has 5 heteroatoms. The van der Waals surface area contributed by atoms with Gasteiger partial charge in [0.1, 0.15) is 5.02 Å². The number of hydrogen-bond donors (Lipinski definition) is 0. The topological polar surface area (TPSA) is 38.1 Å². The van der Waals surface area contributed by atoms with Crippen LogP contribution in [0.25, 0.3) is 5.69 Å². The highest BCUT2D eigenvalue weighted by atomic mass is 35.5. The van der Waals surface area contributed by atoms with E-state index in [0.717, 1.165) is 30.8 Å². The summed E-state index contributed by atoms with van der Waals surface area (Å²) >= 11 is 6.52. The molecule has 4 rings (SSSR count). The van der Waals surface area contributed by atoms with E-state index in [2.05, 4.69) is 30.8 Å².